The second-order valence-corrected chi connectivity index (χ2v) is 6.71. The minimum absolute atomic E-state index is 0.0116. The zero-order chi connectivity index (χ0) is 18.4. The second kappa shape index (κ2) is 8.84. The molecule has 0 aromatic carbocycles. The zero-order valence-corrected chi connectivity index (χ0v) is 15.6. The number of carbonyl (C=O) groups is 2. The predicted molar refractivity (Wildman–Crippen MR) is 93.9 cm³/mol. The monoisotopic (exact) mass is 351 g/mol. The first-order valence-electron chi connectivity index (χ1n) is 8.64. The molecule has 1 fully saturated rings. The number of likely N-dealkylation sites (tertiary alicyclic amines) is 1. The average molecular weight is 351 g/mol. The number of piperidine rings is 1. The van der Waals surface area contributed by atoms with Crippen LogP contribution in [0.2, 0.25) is 0 Å². The first-order chi connectivity index (χ1) is 11.9. The highest BCUT2D eigenvalue weighted by molar-refractivity contribution is 5.79. The maximum Gasteiger partial charge on any atom is 0.319 e. The number of aromatic nitrogens is 2. The van der Waals surface area contributed by atoms with E-state index in [0.717, 1.165) is 5.56 Å². The molecule has 140 valence electrons. The van der Waals surface area contributed by atoms with E-state index in [1.54, 1.807) is 37.0 Å². The fourth-order valence-electron chi connectivity index (χ4n) is 3.10. The molecule has 0 saturated carbocycles. The first-order valence-corrected chi connectivity index (χ1v) is 8.64. The summed E-state index contributed by atoms with van der Waals surface area (Å²) < 4.78 is 6.89. The first kappa shape index (κ1) is 19.2. The summed E-state index contributed by atoms with van der Waals surface area (Å²) in [5.74, 6) is 0.0950. The molecule has 1 saturated heterocycles. The Morgan fingerprint density at radius 2 is 2.00 bits per heavy atom. The molecule has 2 heterocycles. The number of methoxy groups -OCH3 is 1. The number of hydrogen-bond donors (Lipinski definition) is 0. The zero-order valence-electron chi connectivity index (χ0n) is 15.6. The highest BCUT2D eigenvalue weighted by Gasteiger charge is 2.30. The summed E-state index contributed by atoms with van der Waals surface area (Å²) in [6.45, 7) is 2.84. The molecule has 8 heteroatoms. The van der Waals surface area contributed by atoms with Gasteiger partial charge in [-0.2, -0.15) is 5.10 Å². The number of nitrogens with zero attached hydrogens (tertiary/aromatic N) is 5. The number of urea groups is 1. The van der Waals surface area contributed by atoms with Gasteiger partial charge in [0.2, 0.25) is 5.91 Å². The molecule has 25 heavy (non-hydrogen) atoms. The Morgan fingerprint density at radius 3 is 2.52 bits per heavy atom. The topological polar surface area (TPSA) is 70.9 Å². The second-order valence-electron chi connectivity index (χ2n) is 6.71. The molecule has 1 aliphatic heterocycles. The lowest BCUT2D eigenvalue weighted by molar-refractivity contribution is -0.138. The molecule has 1 aromatic rings. The summed E-state index contributed by atoms with van der Waals surface area (Å²) in [5.41, 5.74) is 1.01. The molecular formula is C17H29N5O3. The molecule has 0 unspecified atom stereocenters. The molecule has 0 aliphatic carbocycles. The Labute approximate surface area is 149 Å². The molecule has 8 nitrogen and oxygen atoms in total. The molecule has 2 rings (SSSR count). The van der Waals surface area contributed by atoms with Gasteiger partial charge >= 0.3 is 6.03 Å². The predicted octanol–water partition coefficient (Wildman–Crippen LogP) is 0.789. The molecule has 3 amide bonds. The van der Waals surface area contributed by atoms with Gasteiger partial charge in [0.1, 0.15) is 0 Å². The maximum absolute atomic E-state index is 13.0. The molecule has 1 aromatic heterocycles. The van der Waals surface area contributed by atoms with Gasteiger partial charge in [-0.15, -0.1) is 0 Å². The molecule has 0 atom stereocenters. The Bertz CT molecular complexity index is 579. The van der Waals surface area contributed by atoms with Gasteiger partial charge in [0.25, 0.3) is 0 Å². The highest BCUT2D eigenvalue weighted by Crippen LogP contribution is 2.21. The van der Waals surface area contributed by atoms with Crippen LogP contribution in [0.5, 0.6) is 0 Å². The Hall–Kier alpha value is -2.09. The van der Waals surface area contributed by atoms with Crippen molar-refractivity contribution in [2.24, 2.45) is 13.0 Å². The van der Waals surface area contributed by atoms with Crippen molar-refractivity contribution < 1.29 is 14.3 Å². The summed E-state index contributed by atoms with van der Waals surface area (Å²) in [6.07, 6.45) is 5.11. The van der Waals surface area contributed by atoms with Crippen molar-refractivity contribution in [3.05, 3.63) is 18.0 Å². The standard InChI is InChI=1S/C17H29N5O3/c1-19(2)17(24)21-7-5-15(6-8-21)16(23)22(9-10-25-4)13-14-11-18-20(3)12-14/h11-12,15H,5-10,13H2,1-4H3. The molecule has 0 N–H and O–H groups in total. The lowest BCUT2D eigenvalue weighted by Gasteiger charge is -2.35. The number of hydrogen-bond acceptors (Lipinski definition) is 4. The third-order valence-electron chi connectivity index (χ3n) is 4.51. The minimum atomic E-state index is -0.0419. The fraction of sp³-hybridized carbons (Fsp3) is 0.706. The van der Waals surface area contributed by atoms with Crippen LogP contribution in [-0.4, -0.2) is 83.9 Å². The van der Waals surface area contributed by atoms with E-state index < -0.39 is 0 Å². The van der Waals surface area contributed by atoms with E-state index in [-0.39, 0.29) is 17.9 Å². The summed E-state index contributed by atoms with van der Waals surface area (Å²) in [6, 6.07) is 0.0116. The van der Waals surface area contributed by atoms with Gasteiger partial charge in [0, 0.05) is 72.1 Å². The van der Waals surface area contributed by atoms with Gasteiger partial charge in [0.15, 0.2) is 0 Å². The van der Waals surface area contributed by atoms with Crippen molar-refractivity contribution in [1.82, 2.24) is 24.5 Å². The van der Waals surface area contributed by atoms with Crippen LogP contribution in [0.3, 0.4) is 0 Å². The van der Waals surface area contributed by atoms with Gasteiger partial charge in [-0.1, -0.05) is 0 Å². The van der Waals surface area contributed by atoms with Crippen LogP contribution in [-0.2, 0) is 23.1 Å². The van der Waals surface area contributed by atoms with Crippen molar-refractivity contribution in [1.29, 1.82) is 0 Å². The van der Waals surface area contributed by atoms with Crippen LogP contribution in [0, 0.1) is 5.92 Å². The van der Waals surface area contributed by atoms with Crippen LogP contribution in [0.15, 0.2) is 12.4 Å². The summed E-state index contributed by atoms with van der Waals surface area (Å²) >= 11 is 0. The Balaban J connectivity index is 1.96. The van der Waals surface area contributed by atoms with E-state index in [4.69, 9.17) is 4.74 Å². The quantitative estimate of drug-likeness (QED) is 0.760. The Morgan fingerprint density at radius 1 is 1.32 bits per heavy atom. The van der Waals surface area contributed by atoms with Crippen LogP contribution in [0.4, 0.5) is 4.79 Å². The van der Waals surface area contributed by atoms with Crippen LogP contribution in [0.1, 0.15) is 18.4 Å². The van der Waals surface area contributed by atoms with E-state index >= 15 is 0 Å². The van der Waals surface area contributed by atoms with E-state index in [9.17, 15) is 9.59 Å². The molecule has 0 radical (unpaired) electrons. The SMILES string of the molecule is COCCN(Cc1cnn(C)c1)C(=O)C1CCN(C(=O)N(C)C)CC1. The van der Waals surface area contributed by atoms with E-state index in [2.05, 4.69) is 5.10 Å². The molecule has 1 aliphatic rings. The van der Waals surface area contributed by atoms with E-state index in [0.29, 0.717) is 45.6 Å². The van der Waals surface area contributed by atoms with Gasteiger partial charge in [-0.05, 0) is 12.8 Å². The molecule has 0 bridgehead atoms. The largest absolute Gasteiger partial charge is 0.383 e. The van der Waals surface area contributed by atoms with Crippen molar-refractivity contribution in [2.45, 2.75) is 19.4 Å². The lowest BCUT2D eigenvalue weighted by Crippen LogP contribution is -2.47. The minimum Gasteiger partial charge on any atom is -0.383 e. The third-order valence-corrected chi connectivity index (χ3v) is 4.51. The average Bonchev–Trinajstić information content (AvgIpc) is 3.02. The fourth-order valence-corrected chi connectivity index (χ4v) is 3.10. The van der Waals surface area contributed by atoms with Crippen LogP contribution in [0.25, 0.3) is 0 Å². The van der Waals surface area contributed by atoms with Crippen molar-refractivity contribution in [3.63, 3.8) is 0 Å². The lowest BCUT2D eigenvalue weighted by atomic mass is 9.95. The molecular weight excluding hydrogens is 322 g/mol. The summed E-state index contributed by atoms with van der Waals surface area (Å²) in [7, 11) is 7.00. The number of ether oxygens (including phenoxy) is 1. The van der Waals surface area contributed by atoms with Crippen molar-refractivity contribution in [2.75, 3.05) is 47.4 Å². The summed E-state index contributed by atoms with van der Waals surface area (Å²) in [5, 5.41) is 4.17. The van der Waals surface area contributed by atoms with E-state index in [1.807, 2.05) is 23.0 Å². The Kier molecular flexibility index (Phi) is 6.81. The van der Waals surface area contributed by atoms with Gasteiger partial charge in [0.05, 0.1) is 12.8 Å². The van der Waals surface area contributed by atoms with Gasteiger partial charge < -0.3 is 19.4 Å². The number of aryl methyl sites for hydroxylation is 1. The van der Waals surface area contributed by atoms with Crippen molar-refractivity contribution in [3.8, 4) is 0 Å². The maximum atomic E-state index is 13.0. The van der Waals surface area contributed by atoms with Gasteiger partial charge in [-0.3, -0.25) is 9.48 Å². The third kappa shape index (κ3) is 5.19. The molecule has 0 spiro atoms. The summed E-state index contributed by atoms with van der Waals surface area (Å²) in [4.78, 5) is 30.2. The van der Waals surface area contributed by atoms with Crippen LogP contribution >= 0.6 is 0 Å². The number of amides is 3. The number of carbonyl (C=O) groups excluding carboxylic acids is 2. The highest BCUT2D eigenvalue weighted by atomic mass is 16.5. The van der Waals surface area contributed by atoms with E-state index in [1.165, 1.54) is 0 Å². The number of rotatable bonds is 6. The van der Waals surface area contributed by atoms with Crippen molar-refractivity contribution >= 4 is 11.9 Å². The van der Waals surface area contributed by atoms with Gasteiger partial charge in [-0.25, -0.2) is 4.79 Å². The van der Waals surface area contributed by atoms with Crippen LogP contribution < -0.4 is 0 Å². The normalized spacial score (nSPS) is 15.3. The smallest absolute Gasteiger partial charge is 0.319 e.